The van der Waals surface area contributed by atoms with Crippen molar-refractivity contribution in [2.45, 2.75) is 13.0 Å². The van der Waals surface area contributed by atoms with Gasteiger partial charge in [-0.05, 0) is 42.8 Å². The van der Waals surface area contributed by atoms with Gasteiger partial charge in [0.15, 0.2) is 5.82 Å². The molecular weight excluding hydrogens is 402 g/mol. The molecule has 7 heteroatoms. The number of aromatic nitrogens is 4. The summed E-state index contributed by atoms with van der Waals surface area (Å²) < 4.78 is 0. The average molecular weight is 423 g/mol. The Morgan fingerprint density at radius 2 is 1.81 bits per heavy atom. The highest BCUT2D eigenvalue weighted by Crippen LogP contribution is 2.34. The van der Waals surface area contributed by atoms with Crippen molar-refractivity contribution in [3.05, 3.63) is 84.1 Å². The number of carboxylic acids is 1. The highest BCUT2D eigenvalue weighted by molar-refractivity contribution is 5.94. The number of nitrogens with one attached hydrogen (secondary N) is 1. The van der Waals surface area contributed by atoms with Crippen molar-refractivity contribution in [2.24, 2.45) is 0 Å². The van der Waals surface area contributed by atoms with Crippen LogP contribution in [-0.4, -0.2) is 38.3 Å². The van der Waals surface area contributed by atoms with Gasteiger partial charge in [0, 0.05) is 18.0 Å². The molecule has 158 valence electrons. The number of carbonyl (C=O) groups is 1. The summed E-state index contributed by atoms with van der Waals surface area (Å²) in [6.07, 6.45) is 1.78. The summed E-state index contributed by atoms with van der Waals surface area (Å²) in [5, 5.41) is 17.5. The summed E-state index contributed by atoms with van der Waals surface area (Å²) in [4.78, 5) is 23.3. The van der Waals surface area contributed by atoms with Crippen LogP contribution >= 0.6 is 0 Å². The lowest BCUT2D eigenvalue weighted by Crippen LogP contribution is -2.24. The molecule has 32 heavy (non-hydrogen) atoms. The molecule has 5 rings (SSSR count). The number of hydrogen-bond donors (Lipinski definition) is 2. The molecule has 0 aliphatic heterocycles. The van der Waals surface area contributed by atoms with Gasteiger partial charge in [0.25, 0.3) is 0 Å². The maximum Gasteiger partial charge on any atom is 0.335 e. The first-order chi connectivity index (χ1) is 15.5. The number of carboxylic acid groups (broad SMARTS) is 1. The van der Waals surface area contributed by atoms with Crippen molar-refractivity contribution in [3.8, 4) is 11.3 Å². The number of fused-ring (bicyclic) bond motifs is 2. The fourth-order valence-corrected chi connectivity index (χ4v) is 3.85. The number of nitrogens with zero attached hydrogens (tertiary/aromatic N) is 4. The average Bonchev–Trinajstić information content (AvgIpc) is 3.30. The zero-order valence-electron chi connectivity index (χ0n) is 17.6. The van der Waals surface area contributed by atoms with Gasteiger partial charge in [0.05, 0.1) is 34.4 Å². The van der Waals surface area contributed by atoms with Gasteiger partial charge in [-0.2, -0.15) is 5.10 Å². The normalized spacial score (nSPS) is 12.2. The second-order valence-corrected chi connectivity index (χ2v) is 7.77. The highest BCUT2D eigenvalue weighted by atomic mass is 16.4. The molecule has 0 aliphatic rings. The third kappa shape index (κ3) is 3.43. The predicted octanol–water partition coefficient (Wildman–Crippen LogP) is 5.07. The Balaban J connectivity index is 1.71. The van der Waals surface area contributed by atoms with E-state index in [1.54, 1.807) is 24.4 Å². The van der Waals surface area contributed by atoms with E-state index in [2.05, 4.69) is 34.2 Å². The van der Waals surface area contributed by atoms with E-state index in [1.807, 2.05) is 43.4 Å². The van der Waals surface area contributed by atoms with E-state index in [4.69, 9.17) is 9.97 Å². The van der Waals surface area contributed by atoms with Crippen molar-refractivity contribution in [2.75, 3.05) is 11.9 Å². The smallest absolute Gasteiger partial charge is 0.335 e. The zero-order valence-corrected chi connectivity index (χ0v) is 17.6. The fraction of sp³-hybridized carbons (Fsp3) is 0.120. The van der Waals surface area contributed by atoms with E-state index in [-0.39, 0.29) is 11.6 Å². The second kappa shape index (κ2) is 7.77. The quantitative estimate of drug-likeness (QED) is 0.410. The topological polar surface area (TPSA) is 95.0 Å². The summed E-state index contributed by atoms with van der Waals surface area (Å²) in [5.41, 5.74) is 5.10. The van der Waals surface area contributed by atoms with Gasteiger partial charge in [0.2, 0.25) is 0 Å². The number of rotatable bonds is 5. The van der Waals surface area contributed by atoms with Crippen molar-refractivity contribution in [1.29, 1.82) is 0 Å². The summed E-state index contributed by atoms with van der Waals surface area (Å²) >= 11 is 0. The Kier molecular flexibility index (Phi) is 4.78. The Labute approximate surface area is 184 Å². The number of aromatic carboxylic acids is 1. The minimum Gasteiger partial charge on any atom is -0.478 e. The van der Waals surface area contributed by atoms with Gasteiger partial charge >= 0.3 is 5.97 Å². The van der Waals surface area contributed by atoms with Crippen molar-refractivity contribution < 1.29 is 9.90 Å². The Hall–Kier alpha value is -4.26. The molecule has 2 aromatic heterocycles. The molecule has 0 amide bonds. The maximum absolute atomic E-state index is 11.5. The molecule has 1 unspecified atom stereocenters. The molecule has 0 saturated carbocycles. The fourth-order valence-electron chi connectivity index (χ4n) is 3.85. The Morgan fingerprint density at radius 3 is 2.59 bits per heavy atom. The van der Waals surface area contributed by atoms with Gasteiger partial charge in [0.1, 0.15) is 5.69 Å². The summed E-state index contributed by atoms with van der Waals surface area (Å²) in [5.74, 6) is -0.310. The first-order valence-electron chi connectivity index (χ1n) is 10.3. The van der Waals surface area contributed by atoms with Crippen LogP contribution in [0.4, 0.5) is 5.82 Å². The standard InChI is InChI=1S/C25H21N5O2/c1-15(16-6-4-3-5-7-16)30(2)24-23(17-8-10-20-19(12-17)14-26-29-20)27-21-11-9-18(25(31)32)13-22(21)28-24/h3-15H,1-2H3,(H,26,29)(H,31,32). The zero-order chi connectivity index (χ0) is 22.2. The minimum atomic E-state index is -0.990. The van der Waals surface area contributed by atoms with E-state index >= 15 is 0 Å². The molecule has 1 atom stereocenters. The lowest BCUT2D eigenvalue weighted by Gasteiger charge is -2.28. The Morgan fingerprint density at radius 1 is 1.00 bits per heavy atom. The summed E-state index contributed by atoms with van der Waals surface area (Å²) in [6.45, 7) is 2.11. The highest BCUT2D eigenvalue weighted by Gasteiger charge is 2.21. The molecule has 5 aromatic rings. The number of H-pyrrole nitrogens is 1. The summed E-state index contributed by atoms with van der Waals surface area (Å²) in [6, 6.07) is 21.0. The number of aromatic amines is 1. The van der Waals surface area contributed by atoms with Crippen LogP contribution in [0.5, 0.6) is 0 Å². The van der Waals surface area contributed by atoms with Crippen LogP contribution in [0.2, 0.25) is 0 Å². The molecule has 0 bridgehead atoms. The van der Waals surface area contributed by atoms with Crippen LogP contribution in [0.25, 0.3) is 33.2 Å². The molecular formula is C25H21N5O2. The first-order valence-corrected chi connectivity index (χ1v) is 10.3. The molecule has 0 spiro atoms. The maximum atomic E-state index is 11.5. The second-order valence-electron chi connectivity index (χ2n) is 7.77. The van der Waals surface area contributed by atoms with E-state index in [0.29, 0.717) is 16.9 Å². The number of benzene rings is 3. The van der Waals surface area contributed by atoms with Crippen molar-refractivity contribution in [3.63, 3.8) is 0 Å². The third-order valence-electron chi connectivity index (χ3n) is 5.80. The molecule has 0 fully saturated rings. The molecule has 2 N–H and O–H groups in total. The van der Waals surface area contributed by atoms with Gasteiger partial charge in [-0.3, -0.25) is 5.10 Å². The van der Waals surface area contributed by atoms with Crippen LogP contribution in [0.1, 0.15) is 28.9 Å². The van der Waals surface area contributed by atoms with Gasteiger partial charge < -0.3 is 10.0 Å². The SMILES string of the molecule is CC(c1ccccc1)N(C)c1nc2cc(C(=O)O)ccc2nc1-c1ccc2[nH]ncc2c1. The van der Waals surface area contributed by atoms with Gasteiger partial charge in [-0.25, -0.2) is 14.8 Å². The largest absolute Gasteiger partial charge is 0.478 e. The first kappa shape index (κ1) is 19.7. The van der Waals surface area contributed by atoms with Crippen LogP contribution in [0.3, 0.4) is 0 Å². The monoisotopic (exact) mass is 423 g/mol. The third-order valence-corrected chi connectivity index (χ3v) is 5.80. The minimum absolute atomic E-state index is 0.0296. The molecule has 0 aliphatic carbocycles. The summed E-state index contributed by atoms with van der Waals surface area (Å²) in [7, 11) is 1.98. The molecule has 3 aromatic carbocycles. The number of anilines is 1. The molecule has 2 heterocycles. The van der Waals surface area contributed by atoms with Gasteiger partial charge in [-0.15, -0.1) is 0 Å². The lowest BCUT2D eigenvalue weighted by atomic mass is 10.1. The van der Waals surface area contributed by atoms with Crippen LogP contribution in [-0.2, 0) is 0 Å². The van der Waals surface area contributed by atoms with E-state index < -0.39 is 5.97 Å². The van der Waals surface area contributed by atoms with E-state index in [9.17, 15) is 9.90 Å². The number of hydrogen-bond acceptors (Lipinski definition) is 5. The van der Waals surface area contributed by atoms with E-state index in [0.717, 1.165) is 27.7 Å². The molecule has 7 nitrogen and oxygen atoms in total. The predicted molar refractivity (Wildman–Crippen MR) is 125 cm³/mol. The van der Waals surface area contributed by atoms with Crippen LogP contribution in [0.15, 0.2) is 72.9 Å². The van der Waals surface area contributed by atoms with Crippen molar-refractivity contribution in [1.82, 2.24) is 20.2 Å². The van der Waals surface area contributed by atoms with E-state index in [1.165, 1.54) is 0 Å². The van der Waals surface area contributed by atoms with Gasteiger partial charge in [-0.1, -0.05) is 36.4 Å². The Bertz CT molecular complexity index is 1450. The van der Waals surface area contributed by atoms with Crippen LogP contribution < -0.4 is 4.90 Å². The van der Waals surface area contributed by atoms with Crippen LogP contribution in [0, 0.1) is 0 Å². The molecule has 0 saturated heterocycles. The van der Waals surface area contributed by atoms with Crippen molar-refractivity contribution >= 4 is 33.7 Å². The molecule has 0 radical (unpaired) electrons. The lowest BCUT2D eigenvalue weighted by molar-refractivity contribution is 0.0697.